The van der Waals surface area contributed by atoms with E-state index in [2.05, 4.69) is 194 Å². The van der Waals surface area contributed by atoms with Gasteiger partial charge in [0.05, 0.1) is 39.3 Å². The van der Waals surface area contributed by atoms with Crippen molar-refractivity contribution in [3.63, 3.8) is 0 Å². The zero-order valence-electron chi connectivity index (χ0n) is 35.8. The second-order valence-corrected chi connectivity index (χ2v) is 16.5. The molecule has 0 saturated heterocycles. The molecule has 0 aliphatic rings. The van der Waals surface area contributed by atoms with Gasteiger partial charge in [0.1, 0.15) is 0 Å². The van der Waals surface area contributed by atoms with Crippen LogP contribution in [-0.4, -0.2) is 24.9 Å². The van der Waals surface area contributed by atoms with Gasteiger partial charge in [-0.05, 0) is 70.3 Å². The highest BCUT2D eigenvalue weighted by atomic mass is 14.9. The molecule has 0 N–H and O–H groups in total. The van der Waals surface area contributed by atoms with Crippen LogP contribution >= 0.6 is 0 Å². The number of hydrogen-bond donors (Lipinski definition) is 0. The standard InChI is InChI=1S/C61H39N5/c1-4-15-40(16-5-1)54-33-31-44-30-32-52-53(38-55(41-17-6-2-7-18-41)64-60(52)59(44)63-54)48-25-10-22-45(35-48)46-23-11-27-50(36-46)61-65-56(42-19-8-3-9-20-42)39-57(66-61)49-26-12-24-47(37-49)51-29-13-21-43-28-14-34-62-58(43)51/h1-39H. The number of benzene rings is 8. The smallest absolute Gasteiger partial charge is 0.160 e. The summed E-state index contributed by atoms with van der Waals surface area (Å²) in [5, 5.41) is 3.20. The predicted octanol–water partition coefficient (Wildman–Crippen LogP) is 15.5. The van der Waals surface area contributed by atoms with E-state index in [4.69, 9.17) is 24.9 Å². The topological polar surface area (TPSA) is 64.5 Å². The summed E-state index contributed by atoms with van der Waals surface area (Å²) < 4.78 is 0. The fraction of sp³-hybridized carbons (Fsp3) is 0. The fourth-order valence-electron chi connectivity index (χ4n) is 9.01. The van der Waals surface area contributed by atoms with Crippen LogP contribution in [-0.2, 0) is 0 Å². The highest BCUT2D eigenvalue weighted by Gasteiger charge is 2.17. The van der Waals surface area contributed by atoms with E-state index in [-0.39, 0.29) is 0 Å². The number of pyridine rings is 3. The number of aromatic nitrogens is 5. The predicted molar refractivity (Wildman–Crippen MR) is 271 cm³/mol. The van der Waals surface area contributed by atoms with E-state index in [0.29, 0.717) is 5.82 Å². The van der Waals surface area contributed by atoms with Crippen molar-refractivity contribution in [2.24, 2.45) is 0 Å². The van der Waals surface area contributed by atoms with Crippen LogP contribution in [0.4, 0.5) is 0 Å². The Balaban J connectivity index is 0.969. The van der Waals surface area contributed by atoms with Gasteiger partial charge in [-0.15, -0.1) is 0 Å². The normalized spacial score (nSPS) is 11.3. The maximum Gasteiger partial charge on any atom is 0.160 e. The molecular weight excluding hydrogens is 803 g/mol. The highest BCUT2D eigenvalue weighted by molar-refractivity contribution is 6.10. The lowest BCUT2D eigenvalue weighted by atomic mass is 9.94. The Kier molecular flexibility index (Phi) is 9.77. The van der Waals surface area contributed by atoms with E-state index in [9.17, 15) is 0 Å². The van der Waals surface area contributed by atoms with E-state index in [1.807, 2.05) is 42.6 Å². The summed E-state index contributed by atoms with van der Waals surface area (Å²) >= 11 is 0. The number of rotatable bonds is 8. The molecule has 4 aromatic heterocycles. The van der Waals surface area contributed by atoms with Crippen LogP contribution in [0.1, 0.15) is 0 Å². The average Bonchev–Trinajstić information content (AvgIpc) is 3.41. The van der Waals surface area contributed by atoms with Crippen LogP contribution in [0.15, 0.2) is 237 Å². The lowest BCUT2D eigenvalue weighted by Gasteiger charge is -2.14. The summed E-state index contributed by atoms with van der Waals surface area (Å²) in [7, 11) is 0. The molecule has 0 fully saturated rings. The van der Waals surface area contributed by atoms with Crippen molar-refractivity contribution < 1.29 is 0 Å². The third-order valence-electron chi connectivity index (χ3n) is 12.3. The Morgan fingerprint density at radius 3 is 1.44 bits per heavy atom. The zero-order chi connectivity index (χ0) is 43.8. The molecule has 4 heterocycles. The summed E-state index contributed by atoms with van der Waals surface area (Å²) in [4.78, 5) is 25.8. The Labute approximate surface area is 382 Å². The van der Waals surface area contributed by atoms with Gasteiger partial charge in [0.2, 0.25) is 0 Å². The molecular formula is C61H39N5. The van der Waals surface area contributed by atoms with Crippen molar-refractivity contribution in [3.8, 4) is 89.8 Å². The molecule has 66 heavy (non-hydrogen) atoms. The van der Waals surface area contributed by atoms with Gasteiger partial charge in [-0.1, -0.05) is 188 Å². The summed E-state index contributed by atoms with van der Waals surface area (Å²) in [6.07, 6.45) is 1.85. The summed E-state index contributed by atoms with van der Waals surface area (Å²) in [6, 6.07) is 80.3. The molecule has 0 aliphatic carbocycles. The lowest BCUT2D eigenvalue weighted by Crippen LogP contribution is -1.96. The molecule has 0 unspecified atom stereocenters. The quantitative estimate of drug-likeness (QED) is 0.143. The van der Waals surface area contributed by atoms with E-state index in [1.54, 1.807) is 0 Å². The number of hydrogen-bond acceptors (Lipinski definition) is 5. The van der Waals surface area contributed by atoms with Crippen LogP contribution in [0.25, 0.3) is 123 Å². The Morgan fingerprint density at radius 1 is 0.242 bits per heavy atom. The van der Waals surface area contributed by atoms with Crippen LogP contribution in [0.3, 0.4) is 0 Å². The highest BCUT2D eigenvalue weighted by Crippen LogP contribution is 2.39. The molecule has 12 aromatic rings. The SMILES string of the molecule is c1ccc(-c2cc(-c3cccc(-c4cccc5cccnc45)c3)nc(-c3cccc(-c4cccc(-c5cc(-c6ccccc6)nc6c5ccc5ccc(-c7ccccc7)nc56)c4)c3)n2)cc1. The zero-order valence-corrected chi connectivity index (χ0v) is 35.8. The molecule has 0 radical (unpaired) electrons. The van der Waals surface area contributed by atoms with Gasteiger partial charge in [0, 0.05) is 55.7 Å². The number of para-hydroxylation sites is 1. The molecule has 0 spiro atoms. The van der Waals surface area contributed by atoms with Crippen molar-refractivity contribution in [1.82, 2.24) is 24.9 Å². The van der Waals surface area contributed by atoms with E-state index >= 15 is 0 Å². The summed E-state index contributed by atoms with van der Waals surface area (Å²) in [6.45, 7) is 0. The molecule has 5 heteroatoms. The molecule has 308 valence electrons. The lowest BCUT2D eigenvalue weighted by molar-refractivity contribution is 1.18. The van der Waals surface area contributed by atoms with Gasteiger partial charge in [-0.2, -0.15) is 0 Å². The van der Waals surface area contributed by atoms with Gasteiger partial charge < -0.3 is 0 Å². The monoisotopic (exact) mass is 841 g/mol. The average molecular weight is 842 g/mol. The van der Waals surface area contributed by atoms with Gasteiger partial charge in [0.25, 0.3) is 0 Å². The Hall–Kier alpha value is -8.93. The van der Waals surface area contributed by atoms with Crippen molar-refractivity contribution >= 4 is 32.7 Å². The Morgan fingerprint density at radius 2 is 0.727 bits per heavy atom. The number of fused-ring (bicyclic) bond motifs is 4. The van der Waals surface area contributed by atoms with Gasteiger partial charge in [-0.3, -0.25) is 4.98 Å². The molecule has 0 aliphatic heterocycles. The first kappa shape index (κ1) is 38.7. The second-order valence-electron chi connectivity index (χ2n) is 16.5. The molecule has 0 amide bonds. The van der Waals surface area contributed by atoms with Crippen LogP contribution in [0.2, 0.25) is 0 Å². The summed E-state index contributed by atoms with van der Waals surface area (Å²) in [5.74, 6) is 0.656. The molecule has 0 atom stereocenters. The first-order chi connectivity index (χ1) is 32.7. The third kappa shape index (κ3) is 7.34. The molecule has 0 bridgehead atoms. The fourth-order valence-corrected chi connectivity index (χ4v) is 9.01. The van der Waals surface area contributed by atoms with Crippen LogP contribution in [0.5, 0.6) is 0 Å². The molecule has 5 nitrogen and oxygen atoms in total. The maximum absolute atomic E-state index is 5.33. The third-order valence-corrected chi connectivity index (χ3v) is 12.3. The maximum atomic E-state index is 5.33. The minimum Gasteiger partial charge on any atom is -0.256 e. The first-order valence-corrected chi connectivity index (χ1v) is 22.1. The minimum atomic E-state index is 0.656. The first-order valence-electron chi connectivity index (χ1n) is 22.1. The van der Waals surface area contributed by atoms with E-state index in [1.165, 1.54) is 0 Å². The Bertz CT molecular complexity index is 3750. The van der Waals surface area contributed by atoms with Gasteiger partial charge in [-0.25, -0.2) is 19.9 Å². The van der Waals surface area contributed by atoms with Crippen LogP contribution in [0, 0.1) is 0 Å². The van der Waals surface area contributed by atoms with E-state index < -0.39 is 0 Å². The second kappa shape index (κ2) is 16.6. The summed E-state index contributed by atoms with van der Waals surface area (Å²) in [5.41, 5.74) is 17.8. The largest absolute Gasteiger partial charge is 0.256 e. The van der Waals surface area contributed by atoms with Gasteiger partial charge in [0.15, 0.2) is 5.82 Å². The molecule has 8 aromatic carbocycles. The van der Waals surface area contributed by atoms with Crippen molar-refractivity contribution in [2.45, 2.75) is 0 Å². The minimum absolute atomic E-state index is 0.656. The van der Waals surface area contributed by atoms with Gasteiger partial charge >= 0.3 is 0 Å². The molecule has 0 saturated carbocycles. The van der Waals surface area contributed by atoms with Crippen molar-refractivity contribution in [2.75, 3.05) is 0 Å². The van der Waals surface area contributed by atoms with Crippen LogP contribution < -0.4 is 0 Å². The van der Waals surface area contributed by atoms with Crippen molar-refractivity contribution in [1.29, 1.82) is 0 Å². The van der Waals surface area contributed by atoms with E-state index in [0.717, 1.165) is 117 Å². The number of nitrogens with zero attached hydrogens (tertiary/aromatic N) is 5. The molecule has 12 rings (SSSR count). The van der Waals surface area contributed by atoms with Crippen molar-refractivity contribution in [3.05, 3.63) is 237 Å².